The predicted molar refractivity (Wildman–Crippen MR) is 103 cm³/mol. The summed E-state index contributed by atoms with van der Waals surface area (Å²) < 4.78 is 1.56. The van der Waals surface area contributed by atoms with Crippen molar-refractivity contribution in [2.45, 2.75) is 13.0 Å². The van der Waals surface area contributed by atoms with Crippen LogP contribution in [-0.4, -0.2) is 39.2 Å². The van der Waals surface area contributed by atoms with Crippen LogP contribution in [0.25, 0.3) is 11.2 Å². The molecule has 0 aliphatic carbocycles. The Hall–Kier alpha value is -2.09. The van der Waals surface area contributed by atoms with Crippen LogP contribution >= 0.6 is 23.2 Å². The Balaban J connectivity index is 1.61. The van der Waals surface area contributed by atoms with Gasteiger partial charge in [0.15, 0.2) is 5.65 Å². The Kier molecular flexibility index (Phi) is 4.84. The molecule has 1 fully saturated rings. The molecule has 0 amide bonds. The lowest BCUT2D eigenvalue weighted by Gasteiger charge is -2.10. The maximum Gasteiger partial charge on any atom is 0.328 e. The van der Waals surface area contributed by atoms with Gasteiger partial charge in [-0.3, -0.25) is 4.57 Å². The van der Waals surface area contributed by atoms with E-state index in [0.29, 0.717) is 39.6 Å². The van der Waals surface area contributed by atoms with Gasteiger partial charge in [0.05, 0.1) is 12.7 Å². The lowest BCUT2D eigenvalue weighted by Crippen LogP contribution is -2.19. The van der Waals surface area contributed by atoms with Crippen molar-refractivity contribution in [1.82, 2.24) is 24.8 Å². The number of anilines is 1. The molecule has 3 N–H and O–H groups in total. The van der Waals surface area contributed by atoms with Crippen LogP contribution in [0.2, 0.25) is 10.0 Å². The molecule has 4 rings (SSSR count). The molecule has 3 heterocycles. The van der Waals surface area contributed by atoms with E-state index in [1.165, 1.54) is 0 Å². The highest BCUT2D eigenvalue weighted by Crippen LogP contribution is 2.20. The Labute approximate surface area is 159 Å². The fraction of sp³-hybridized carbons (Fsp3) is 0.353. The summed E-state index contributed by atoms with van der Waals surface area (Å²) in [7, 11) is 0. The molecule has 7 nitrogen and oxygen atoms in total. The third-order valence-corrected chi connectivity index (χ3v) is 4.92. The van der Waals surface area contributed by atoms with Gasteiger partial charge in [-0.1, -0.05) is 23.2 Å². The van der Waals surface area contributed by atoms with Crippen molar-refractivity contribution in [3.05, 3.63) is 50.5 Å². The number of H-pyrrole nitrogens is 1. The molecule has 2 aromatic heterocycles. The second kappa shape index (κ2) is 7.26. The fourth-order valence-electron chi connectivity index (χ4n) is 3.19. The minimum atomic E-state index is -0.248. The Morgan fingerprint density at radius 3 is 2.81 bits per heavy atom. The van der Waals surface area contributed by atoms with Gasteiger partial charge in [0.1, 0.15) is 5.52 Å². The Bertz CT molecular complexity index is 972. The average molecular weight is 393 g/mol. The standard InChI is InChI=1S/C17H18Cl2N6O/c18-12-3-11(4-13(19)5-12)9-25-15-14(23-17(25)26)8-22-16(24-15)21-7-10-1-2-20-6-10/h3-5,8,10,20H,1-2,6-7,9H2,(H,23,26)(H,21,22,24)/t10-/m1/s1. The Morgan fingerprint density at radius 1 is 1.27 bits per heavy atom. The molecule has 136 valence electrons. The summed E-state index contributed by atoms with van der Waals surface area (Å²) in [6.45, 7) is 3.17. The zero-order chi connectivity index (χ0) is 18.1. The number of rotatable bonds is 5. The number of aromatic nitrogens is 4. The second-order valence-electron chi connectivity index (χ2n) is 6.46. The zero-order valence-corrected chi connectivity index (χ0v) is 15.4. The van der Waals surface area contributed by atoms with Crippen LogP contribution in [0.1, 0.15) is 12.0 Å². The van der Waals surface area contributed by atoms with Crippen LogP contribution < -0.4 is 16.3 Å². The third-order valence-electron chi connectivity index (χ3n) is 4.49. The van der Waals surface area contributed by atoms with Crippen molar-refractivity contribution in [1.29, 1.82) is 0 Å². The first-order chi connectivity index (χ1) is 12.6. The van der Waals surface area contributed by atoms with E-state index in [0.717, 1.165) is 31.6 Å². The van der Waals surface area contributed by atoms with Crippen molar-refractivity contribution in [3.63, 3.8) is 0 Å². The summed E-state index contributed by atoms with van der Waals surface area (Å²) in [4.78, 5) is 23.9. The first-order valence-corrected chi connectivity index (χ1v) is 9.19. The van der Waals surface area contributed by atoms with E-state index in [2.05, 4.69) is 25.6 Å². The Morgan fingerprint density at radius 2 is 2.08 bits per heavy atom. The van der Waals surface area contributed by atoms with E-state index in [1.54, 1.807) is 29.0 Å². The van der Waals surface area contributed by atoms with Gasteiger partial charge in [-0.25, -0.2) is 9.78 Å². The van der Waals surface area contributed by atoms with E-state index >= 15 is 0 Å². The van der Waals surface area contributed by atoms with Gasteiger partial charge in [-0.15, -0.1) is 0 Å². The molecule has 0 spiro atoms. The van der Waals surface area contributed by atoms with Gasteiger partial charge in [0, 0.05) is 16.6 Å². The molecule has 1 aliphatic rings. The molecule has 1 atom stereocenters. The summed E-state index contributed by atoms with van der Waals surface area (Å²) in [5.41, 5.74) is 1.72. The highest BCUT2D eigenvalue weighted by atomic mass is 35.5. The number of fused-ring (bicyclic) bond motifs is 1. The molecule has 0 radical (unpaired) electrons. The molecule has 1 saturated heterocycles. The molecule has 0 saturated carbocycles. The monoisotopic (exact) mass is 392 g/mol. The van der Waals surface area contributed by atoms with Crippen LogP contribution in [0.15, 0.2) is 29.2 Å². The highest BCUT2D eigenvalue weighted by molar-refractivity contribution is 6.34. The van der Waals surface area contributed by atoms with Crippen molar-refractivity contribution < 1.29 is 0 Å². The number of imidazole rings is 1. The maximum atomic E-state index is 12.3. The number of hydrogen-bond donors (Lipinski definition) is 3. The highest BCUT2D eigenvalue weighted by Gasteiger charge is 2.15. The van der Waals surface area contributed by atoms with Gasteiger partial charge in [-0.2, -0.15) is 4.98 Å². The van der Waals surface area contributed by atoms with E-state index in [9.17, 15) is 4.79 Å². The van der Waals surface area contributed by atoms with Crippen LogP contribution in [0, 0.1) is 5.92 Å². The lowest BCUT2D eigenvalue weighted by atomic mass is 10.1. The van der Waals surface area contributed by atoms with E-state index < -0.39 is 0 Å². The van der Waals surface area contributed by atoms with Crippen molar-refractivity contribution >= 4 is 40.3 Å². The second-order valence-corrected chi connectivity index (χ2v) is 7.34. The molecule has 9 heteroatoms. The quantitative estimate of drug-likeness (QED) is 0.620. The topological polar surface area (TPSA) is 87.6 Å². The number of hydrogen-bond acceptors (Lipinski definition) is 5. The molecule has 1 aliphatic heterocycles. The summed E-state index contributed by atoms with van der Waals surface area (Å²) in [6.07, 6.45) is 2.76. The summed E-state index contributed by atoms with van der Waals surface area (Å²) >= 11 is 12.1. The summed E-state index contributed by atoms with van der Waals surface area (Å²) in [5, 5.41) is 7.66. The van der Waals surface area contributed by atoms with Gasteiger partial charge in [0.25, 0.3) is 0 Å². The average Bonchev–Trinajstić information content (AvgIpc) is 3.21. The smallest absolute Gasteiger partial charge is 0.328 e. The van der Waals surface area contributed by atoms with Crippen molar-refractivity contribution in [2.24, 2.45) is 5.92 Å². The lowest BCUT2D eigenvalue weighted by molar-refractivity contribution is 0.613. The molecule has 0 unspecified atom stereocenters. The van der Waals surface area contributed by atoms with Gasteiger partial charge < -0.3 is 15.6 Å². The zero-order valence-electron chi connectivity index (χ0n) is 13.9. The van der Waals surface area contributed by atoms with Crippen LogP contribution in [-0.2, 0) is 6.54 Å². The predicted octanol–water partition coefficient (Wildman–Crippen LogP) is 2.50. The minimum absolute atomic E-state index is 0.248. The third kappa shape index (κ3) is 3.70. The fourth-order valence-corrected chi connectivity index (χ4v) is 3.76. The van der Waals surface area contributed by atoms with Crippen LogP contribution in [0.5, 0.6) is 0 Å². The first kappa shape index (κ1) is 17.3. The number of nitrogens with one attached hydrogen (secondary N) is 3. The minimum Gasteiger partial charge on any atom is -0.354 e. The normalized spacial score (nSPS) is 17.1. The van der Waals surface area contributed by atoms with Gasteiger partial charge >= 0.3 is 5.69 Å². The molecular formula is C17H18Cl2N6O. The molecular weight excluding hydrogens is 375 g/mol. The van der Waals surface area contributed by atoms with E-state index in [-0.39, 0.29) is 5.69 Å². The summed E-state index contributed by atoms with van der Waals surface area (Å²) in [5.74, 6) is 1.08. The van der Waals surface area contributed by atoms with Crippen LogP contribution in [0.3, 0.4) is 0 Å². The number of benzene rings is 1. The van der Waals surface area contributed by atoms with E-state index in [1.807, 2.05) is 0 Å². The number of halogens is 2. The van der Waals surface area contributed by atoms with E-state index in [4.69, 9.17) is 23.2 Å². The number of aromatic amines is 1. The van der Waals surface area contributed by atoms with Crippen molar-refractivity contribution in [3.8, 4) is 0 Å². The van der Waals surface area contributed by atoms with Gasteiger partial charge in [-0.05, 0) is 49.2 Å². The first-order valence-electron chi connectivity index (χ1n) is 8.43. The van der Waals surface area contributed by atoms with Gasteiger partial charge in [0.2, 0.25) is 5.95 Å². The van der Waals surface area contributed by atoms with Crippen LogP contribution in [0.4, 0.5) is 5.95 Å². The number of nitrogens with zero attached hydrogens (tertiary/aromatic N) is 3. The molecule has 0 bridgehead atoms. The molecule has 26 heavy (non-hydrogen) atoms. The molecule has 3 aromatic rings. The van der Waals surface area contributed by atoms with Crippen molar-refractivity contribution in [2.75, 3.05) is 25.0 Å². The molecule has 1 aromatic carbocycles. The largest absolute Gasteiger partial charge is 0.354 e. The SMILES string of the molecule is O=c1[nH]c2cnc(NC[C@@H]3CCNC3)nc2n1Cc1cc(Cl)cc(Cl)c1. The maximum absolute atomic E-state index is 12.3. The summed E-state index contributed by atoms with van der Waals surface area (Å²) in [6, 6.07) is 5.23.